The summed E-state index contributed by atoms with van der Waals surface area (Å²) in [5, 5.41) is 4.02. The Labute approximate surface area is 126 Å². The third-order valence-electron chi connectivity index (χ3n) is 3.10. The molecule has 3 rings (SSSR count). The van der Waals surface area contributed by atoms with Crippen molar-refractivity contribution in [3.8, 4) is 0 Å². The van der Waals surface area contributed by atoms with Crippen LogP contribution in [0.5, 0.6) is 0 Å². The summed E-state index contributed by atoms with van der Waals surface area (Å²) in [7, 11) is 0. The molecule has 0 atom stereocenters. The molecule has 0 saturated heterocycles. The topological polar surface area (TPSA) is 68.0 Å². The molecule has 0 aliphatic heterocycles. The number of amides is 1. The van der Waals surface area contributed by atoms with Crippen molar-refractivity contribution in [2.45, 2.75) is 0 Å². The Morgan fingerprint density at radius 1 is 1.10 bits per heavy atom. The highest BCUT2D eigenvalue weighted by molar-refractivity contribution is 6.34. The van der Waals surface area contributed by atoms with Gasteiger partial charge in [-0.05, 0) is 24.3 Å². The molecule has 21 heavy (non-hydrogen) atoms. The van der Waals surface area contributed by atoms with Crippen LogP contribution >= 0.6 is 11.6 Å². The number of anilines is 2. The number of nitrogen functional groups attached to an aromatic ring is 1. The van der Waals surface area contributed by atoms with Crippen LogP contribution in [0.25, 0.3) is 10.9 Å². The molecule has 0 unspecified atom stereocenters. The summed E-state index contributed by atoms with van der Waals surface area (Å²) < 4.78 is 0. The summed E-state index contributed by atoms with van der Waals surface area (Å²) in [4.78, 5) is 16.7. The van der Waals surface area contributed by atoms with E-state index in [1.165, 1.54) is 0 Å². The first kappa shape index (κ1) is 13.4. The van der Waals surface area contributed by atoms with Crippen LogP contribution in [0.2, 0.25) is 5.02 Å². The second-order valence-corrected chi connectivity index (χ2v) is 4.95. The third-order valence-corrected chi connectivity index (χ3v) is 3.43. The molecule has 3 N–H and O–H groups in total. The Morgan fingerprint density at radius 3 is 2.62 bits per heavy atom. The zero-order chi connectivity index (χ0) is 14.8. The predicted octanol–water partition coefficient (Wildman–Crippen LogP) is 3.72. The van der Waals surface area contributed by atoms with Gasteiger partial charge in [-0.2, -0.15) is 0 Å². The molecule has 0 saturated carbocycles. The zero-order valence-corrected chi connectivity index (χ0v) is 11.8. The summed E-state index contributed by atoms with van der Waals surface area (Å²) in [6.07, 6.45) is 0. The molecule has 2 aromatic carbocycles. The van der Waals surface area contributed by atoms with Crippen LogP contribution in [0.4, 0.5) is 11.5 Å². The number of pyridine rings is 1. The average Bonchev–Trinajstić information content (AvgIpc) is 2.48. The van der Waals surface area contributed by atoms with Crippen molar-refractivity contribution in [3.05, 3.63) is 65.2 Å². The van der Waals surface area contributed by atoms with Crippen LogP contribution in [-0.4, -0.2) is 10.9 Å². The van der Waals surface area contributed by atoms with Crippen molar-refractivity contribution in [1.29, 1.82) is 0 Å². The second-order valence-electron chi connectivity index (χ2n) is 4.55. The monoisotopic (exact) mass is 297 g/mol. The predicted molar refractivity (Wildman–Crippen MR) is 85.6 cm³/mol. The van der Waals surface area contributed by atoms with E-state index in [1.807, 2.05) is 24.3 Å². The molecule has 1 aromatic heterocycles. The minimum absolute atomic E-state index is 0.270. The first-order valence-electron chi connectivity index (χ1n) is 6.36. The van der Waals surface area contributed by atoms with Crippen molar-refractivity contribution in [1.82, 2.24) is 4.98 Å². The Morgan fingerprint density at radius 2 is 1.81 bits per heavy atom. The number of carbonyl (C=O) groups is 1. The largest absolute Gasteiger partial charge is 0.384 e. The van der Waals surface area contributed by atoms with E-state index < -0.39 is 0 Å². The molecular weight excluding hydrogens is 286 g/mol. The number of nitrogens with one attached hydrogen (secondary N) is 1. The van der Waals surface area contributed by atoms with E-state index >= 15 is 0 Å². The Bertz CT molecular complexity index is 833. The minimum atomic E-state index is -0.270. The number of para-hydroxylation sites is 2. The van der Waals surface area contributed by atoms with Gasteiger partial charge in [-0.1, -0.05) is 41.9 Å². The van der Waals surface area contributed by atoms with E-state index in [4.69, 9.17) is 17.3 Å². The summed E-state index contributed by atoms with van der Waals surface area (Å²) in [5.74, 6) is 0.0337. The van der Waals surface area contributed by atoms with Gasteiger partial charge in [-0.3, -0.25) is 4.79 Å². The van der Waals surface area contributed by atoms with Crippen molar-refractivity contribution < 1.29 is 4.79 Å². The standard InChI is InChI=1S/C16H12ClN3O/c17-12-6-2-4-8-14(12)20-16(21)11-9-15(18)19-13-7-3-1-5-10(11)13/h1-9H,(H2,18,19)(H,20,21). The normalized spacial score (nSPS) is 10.5. The SMILES string of the molecule is Nc1cc(C(=O)Nc2ccccc2Cl)c2ccccc2n1. The van der Waals surface area contributed by atoms with Gasteiger partial charge in [0.1, 0.15) is 5.82 Å². The van der Waals surface area contributed by atoms with E-state index in [0.29, 0.717) is 27.6 Å². The van der Waals surface area contributed by atoms with Gasteiger partial charge < -0.3 is 11.1 Å². The second kappa shape index (κ2) is 5.42. The maximum atomic E-state index is 12.5. The number of benzene rings is 2. The molecule has 104 valence electrons. The van der Waals surface area contributed by atoms with E-state index in [1.54, 1.807) is 30.3 Å². The first-order valence-corrected chi connectivity index (χ1v) is 6.74. The molecule has 0 bridgehead atoms. The lowest BCUT2D eigenvalue weighted by Crippen LogP contribution is -2.13. The minimum Gasteiger partial charge on any atom is -0.384 e. The average molecular weight is 298 g/mol. The fraction of sp³-hybridized carbons (Fsp3) is 0. The molecule has 5 heteroatoms. The lowest BCUT2D eigenvalue weighted by atomic mass is 10.1. The van der Waals surface area contributed by atoms with Crippen LogP contribution in [-0.2, 0) is 0 Å². The van der Waals surface area contributed by atoms with Crippen LogP contribution in [0.1, 0.15) is 10.4 Å². The van der Waals surface area contributed by atoms with Gasteiger partial charge in [0.15, 0.2) is 0 Å². The highest BCUT2D eigenvalue weighted by atomic mass is 35.5. The molecule has 3 aromatic rings. The van der Waals surface area contributed by atoms with Crippen LogP contribution in [0.15, 0.2) is 54.6 Å². The Hall–Kier alpha value is -2.59. The van der Waals surface area contributed by atoms with Crippen molar-refractivity contribution in [3.63, 3.8) is 0 Å². The highest BCUT2D eigenvalue weighted by Crippen LogP contribution is 2.24. The van der Waals surface area contributed by atoms with Crippen LogP contribution in [0.3, 0.4) is 0 Å². The number of carbonyl (C=O) groups excluding carboxylic acids is 1. The first-order chi connectivity index (χ1) is 10.1. The molecule has 0 aliphatic rings. The summed E-state index contributed by atoms with van der Waals surface area (Å²) in [5.41, 5.74) is 7.48. The number of halogens is 1. The van der Waals surface area contributed by atoms with E-state index in [2.05, 4.69) is 10.3 Å². The molecule has 1 amide bonds. The quantitative estimate of drug-likeness (QED) is 0.757. The smallest absolute Gasteiger partial charge is 0.256 e. The number of hydrogen-bond acceptors (Lipinski definition) is 3. The number of rotatable bonds is 2. The molecule has 0 radical (unpaired) electrons. The number of fused-ring (bicyclic) bond motifs is 1. The Balaban J connectivity index is 2.04. The summed E-state index contributed by atoms with van der Waals surface area (Å²) in [6, 6.07) is 16.0. The highest BCUT2D eigenvalue weighted by Gasteiger charge is 2.13. The molecule has 4 nitrogen and oxygen atoms in total. The van der Waals surface area contributed by atoms with E-state index in [9.17, 15) is 4.79 Å². The zero-order valence-electron chi connectivity index (χ0n) is 11.0. The summed E-state index contributed by atoms with van der Waals surface area (Å²) >= 11 is 6.05. The molecule has 0 aliphatic carbocycles. The van der Waals surface area contributed by atoms with Gasteiger partial charge in [0, 0.05) is 5.39 Å². The third kappa shape index (κ3) is 2.66. The lowest BCUT2D eigenvalue weighted by molar-refractivity contribution is 0.102. The number of hydrogen-bond donors (Lipinski definition) is 2. The Kier molecular flexibility index (Phi) is 3.46. The van der Waals surface area contributed by atoms with Gasteiger partial charge in [0.2, 0.25) is 0 Å². The molecule has 0 fully saturated rings. The molecular formula is C16H12ClN3O. The fourth-order valence-electron chi connectivity index (χ4n) is 2.14. The van der Waals surface area contributed by atoms with Crippen molar-refractivity contribution >= 4 is 39.9 Å². The lowest BCUT2D eigenvalue weighted by Gasteiger charge is -2.10. The number of nitrogens with two attached hydrogens (primary N) is 1. The van der Waals surface area contributed by atoms with Crippen molar-refractivity contribution in [2.24, 2.45) is 0 Å². The van der Waals surface area contributed by atoms with E-state index in [0.717, 1.165) is 5.39 Å². The molecule has 0 spiro atoms. The number of nitrogens with zero attached hydrogens (tertiary/aromatic N) is 1. The van der Waals surface area contributed by atoms with Gasteiger partial charge in [-0.25, -0.2) is 4.98 Å². The van der Waals surface area contributed by atoms with Crippen LogP contribution < -0.4 is 11.1 Å². The van der Waals surface area contributed by atoms with Crippen LogP contribution in [0, 0.1) is 0 Å². The fourth-order valence-corrected chi connectivity index (χ4v) is 2.32. The molecule has 1 heterocycles. The van der Waals surface area contributed by atoms with E-state index in [-0.39, 0.29) is 5.91 Å². The van der Waals surface area contributed by atoms with Gasteiger partial charge >= 0.3 is 0 Å². The van der Waals surface area contributed by atoms with Crippen molar-refractivity contribution in [2.75, 3.05) is 11.1 Å². The van der Waals surface area contributed by atoms with Gasteiger partial charge in [0.05, 0.1) is 21.8 Å². The number of aromatic nitrogens is 1. The summed E-state index contributed by atoms with van der Waals surface area (Å²) in [6.45, 7) is 0. The van der Waals surface area contributed by atoms with Gasteiger partial charge in [0.25, 0.3) is 5.91 Å². The maximum absolute atomic E-state index is 12.5. The van der Waals surface area contributed by atoms with Gasteiger partial charge in [-0.15, -0.1) is 0 Å². The maximum Gasteiger partial charge on any atom is 0.256 e.